The van der Waals surface area contributed by atoms with Gasteiger partial charge in [-0.3, -0.25) is 14.9 Å². The summed E-state index contributed by atoms with van der Waals surface area (Å²) in [7, 11) is -3.70. The summed E-state index contributed by atoms with van der Waals surface area (Å²) in [6, 6.07) is -0.879. The van der Waals surface area contributed by atoms with Gasteiger partial charge in [0.15, 0.2) is 0 Å². The molecule has 102 valence electrons. The molecular formula is C9H15N3O5S. The molecule has 2 N–H and O–H groups in total. The summed E-state index contributed by atoms with van der Waals surface area (Å²) in [6.07, 6.45) is 0.330. The summed E-state index contributed by atoms with van der Waals surface area (Å²) >= 11 is 0. The van der Waals surface area contributed by atoms with Crippen LogP contribution in [0.25, 0.3) is 0 Å². The number of nitrogens with zero attached hydrogens (tertiary/aromatic N) is 1. The summed E-state index contributed by atoms with van der Waals surface area (Å²) in [5.41, 5.74) is 0. The van der Waals surface area contributed by atoms with E-state index >= 15 is 0 Å². The number of carbonyl (C=O) groups excluding carboxylic acids is 2. The van der Waals surface area contributed by atoms with Gasteiger partial charge in [0.1, 0.15) is 6.04 Å². The highest BCUT2D eigenvalue weighted by atomic mass is 32.2. The molecule has 2 amide bonds. The van der Waals surface area contributed by atoms with Crippen molar-refractivity contribution in [3.8, 4) is 0 Å². The second kappa shape index (κ2) is 5.31. The largest absolute Gasteiger partial charge is 0.379 e. The number of hydrogen-bond acceptors (Lipinski definition) is 5. The van der Waals surface area contributed by atoms with E-state index in [1.165, 1.54) is 4.31 Å². The maximum atomic E-state index is 12.0. The molecule has 1 atom stereocenters. The van der Waals surface area contributed by atoms with Gasteiger partial charge in [-0.05, 0) is 6.42 Å². The Balaban J connectivity index is 1.99. The fourth-order valence-electron chi connectivity index (χ4n) is 1.85. The average molecular weight is 277 g/mol. The van der Waals surface area contributed by atoms with E-state index < -0.39 is 22.2 Å². The summed E-state index contributed by atoms with van der Waals surface area (Å²) < 4.78 is 32.6. The van der Waals surface area contributed by atoms with Gasteiger partial charge >= 0.3 is 0 Å². The maximum absolute atomic E-state index is 12.0. The number of imide groups is 1. The lowest BCUT2D eigenvalue weighted by molar-refractivity contribution is -0.134. The van der Waals surface area contributed by atoms with Crippen molar-refractivity contribution in [2.45, 2.75) is 18.9 Å². The predicted molar refractivity (Wildman–Crippen MR) is 60.6 cm³/mol. The van der Waals surface area contributed by atoms with Crippen molar-refractivity contribution >= 4 is 22.0 Å². The van der Waals surface area contributed by atoms with Crippen molar-refractivity contribution in [2.75, 3.05) is 26.3 Å². The molecule has 0 bridgehead atoms. The second-order valence-electron chi connectivity index (χ2n) is 4.14. The molecule has 2 aliphatic rings. The van der Waals surface area contributed by atoms with E-state index in [2.05, 4.69) is 10.0 Å². The molecule has 0 spiro atoms. The first-order valence-electron chi connectivity index (χ1n) is 5.68. The van der Waals surface area contributed by atoms with Gasteiger partial charge in [0.05, 0.1) is 13.2 Å². The third-order valence-corrected chi connectivity index (χ3v) is 4.47. The third kappa shape index (κ3) is 3.05. The van der Waals surface area contributed by atoms with Crippen LogP contribution in [0.2, 0.25) is 0 Å². The molecule has 0 aromatic heterocycles. The van der Waals surface area contributed by atoms with Crippen molar-refractivity contribution in [2.24, 2.45) is 0 Å². The molecule has 0 aromatic carbocycles. The molecule has 18 heavy (non-hydrogen) atoms. The van der Waals surface area contributed by atoms with Gasteiger partial charge in [-0.25, -0.2) is 0 Å². The van der Waals surface area contributed by atoms with Gasteiger partial charge in [-0.15, -0.1) is 0 Å². The number of hydrogen-bond donors (Lipinski definition) is 2. The van der Waals surface area contributed by atoms with E-state index in [-0.39, 0.29) is 31.8 Å². The first-order valence-corrected chi connectivity index (χ1v) is 7.12. The molecule has 8 nitrogen and oxygen atoms in total. The second-order valence-corrected chi connectivity index (χ2v) is 5.84. The lowest BCUT2D eigenvalue weighted by Crippen LogP contribution is -2.56. The minimum absolute atomic E-state index is 0.141. The Bertz CT molecular complexity index is 443. The van der Waals surface area contributed by atoms with E-state index in [0.717, 1.165) is 0 Å². The van der Waals surface area contributed by atoms with E-state index in [9.17, 15) is 18.0 Å². The number of nitrogens with one attached hydrogen (secondary N) is 2. The van der Waals surface area contributed by atoms with Gasteiger partial charge in [0.2, 0.25) is 11.8 Å². The molecule has 2 heterocycles. The molecule has 0 aliphatic carbocycles. The van der Waals surface area contributed by atoms with Crippen LogP contribution in [0, 0.1) is 0 Å². The Morgan fingerprint density at radius 3 is 2.56 bits per heavy atom. The van der Waals surface area contributed by atoms with Crippen LogP contribution < -0.4 is 10.0 Å². The molecular weight excluding hydrogens is 262 g/mol. The molecule has 0 radical (unpaired) electrons. The highest BCUT2D eigenvalue weighted by molar-refractivity contribution is 7.87. The zero-order valence-corrected chi connectivity index (χ0v) is 10.5. The Hall–Kier alpha value is -1.03. The summed E-state index contributed by atoms with van der Waals surface area (Å²) in [4.78, 5) is 22.4. The van der Waals surface area contributed by atoms with Crippen LogP contribution in [0.5, 0.6) is 0 Å². The van der Waals surface area contributed by atoms with E-state index in [1.807, 2.05) is 0 Å². The van der Waals surface area contributed by atoms with Crippen molar-refractivity contribution in [1.82, 2.24) is 14.3 Å². The number of piperidine rings is 1. The topological polar surface area (TPSA) is 105 Å². The zero-order valence-electron chi connectivity index (χ0n) is 9.72. The van der Waals surface area contributed by atoms with Gasteiger partial charge in [-0.1, -0.05) is 0 Å². The van der Waals surface area contributed by atoms with Crippen LogP contribution in [-0.2, 0) is 24.5 Å². The van der Waals surface area contributed by atoms with Crippen LogP contribution >= 0.6 is 0 Å². The van der Waals surface area contributed by atoms with Crippen molar-refractivity contribution in [3.05, 3.63) is 0 Å². The van der Waals surface area contributed by atoms with Gasteiger partial charge in [0.25, 0.3) is 10.2 Å². The quantitative estimate of drug-likeness (QED) is 0.578. The third-order valence-electron chi connectivity index (χ3n) is 2.84. The molecule has 1 unspecified atom stereocenters. The molecule has 2 saturated heterocycles. The van der Waals surface area contributed by atoms with Crippen LogP contribution in [0.15, 0.2) is 0 Å². The monoisotopic (exact) mass is 277 g/mol. The van der Waals surface area contributed by atoms with Crippen molar-refractivity contribution < 1.29 is 22.7 Å². The molecule has 2 rings (SSSR count). The lowest BCUT2D eigenvalue weighted by atomic mass is 10.1. The smallest absolute Gasteiger partial charge is 0.280 e. The number of morpholine rings is 1. The van der Waals surface area contributed by atoms with Gasteiger partial charge in [0, 0.05) is 19.5 Å². The minimum atomic E-state index is -3.70. The zero-order chi connectivity index (χ0) is 13.2. The molecule has 2 fully saturated rings. The standard InChI is InChI=1S/C9H15N3O5S/c13-8-2-1-7(9(14)10-8)11-18(15,16)12-3-5-17-6-4-12/h7,11H,1-6H2,(H,10,13,14). The maximum Gasteiger partial charge on any atom is 0.280 e. The van der Waals surface area contributed by atoms with E-state index in [0.29, 0.717) is 13.2 Å². The fraction of sp³-hybridized carbons (Fsp3) is 0.778. The fourth-order valence-corrected chi connectivity index (χ4v) is 3.21. The van der Waals surface area contributed by atoms with Crippen molar-refractivity contribution in [1.29, 1.82) is 0 Å². The summed E-state index contributed by atoms with van der Waals surface area (Å²) in [5.74, 6) is -0.968. The van der Waals surface area contributed by atoms with Gasteiger partial charge in [-0.2, -0.15) is 17.4 Å². The van der Waals surface area contributed by atoms with Crippen LogP contribution in [0.3, 0.4) is 0 Å². The normalized spacial score (nSPS) is 27.0. The predicted octanol–water partition coefficient (Wildman–Crippen LogP) is -2.04. The molecule has 9 heteroatoms. The molecule has 2 aliphatic heterocycles. The van der Waals surface area contributed by atoms with Gasteiger partial charge < -0.3 is 4.74 Å². The lowest BCUT2D eigenvalue weighted by Gasteiger charge is -2.29. The van der Waals surface area contributed by atoms with E-state index in [1.54, 1.807) is 0 Å². The minimum Gasteiger partial charge on any atom is -0.379 e. The Morgan fingerprint density at radius 1 is 1.28 bits per heavy atom. The summed E-state index contributed by atoms with van der Waals surface area (Å²) in [5, 5.41) is 2.11. The Kier molecular flexibility index (Phi) is 3.95. The number of carbonyl (C=O) groups is 2. The highest BCUT2D eigenvalue weighted by Gasteiger charge is 2.33. The Labute approximate surface area is 105 Å². The summed E-state index contributed by atoms with van der Waals surface area (Å²) in [6.45, 7) is 1.22. The van der Waals surface area contributed by atoms with Crippen molar-refractivity contribution in [3.63, 3.8) is 0 Å². The SMILES string of the molecule is O=C1CCC(NS(=O)(=O)N2CCOCC2)C(=O)N1. The number of ether oxygens (including phenoxy) is 1. The number of amides is 2. The van der Waals surface area contributed by atoms with Crippen LogP contribution in [0.4, 0.5) is 0 Å². The van der Waals surface area contributed by atoms with E-state index in [4.69, 9.17) is 4.74 Å². The highest BCUT2D eigenvalue weighted by Crippen LogP contribution is 2.09. The van der Waals surface area contributed by atoms with Crippen LogP contribution in [-0.4, -0.2) is 56.9 Å². The number of rotatable bonds is 3. The average Bonchev–Trinajstić information content (AvgIpc) is 2.34. The van der Waals surface area contributed by atoms with Crippen LogP contribution in [0.1, 0.15) is 12.8 Å². The molecule has 0 aromatic rings. The Morgan fingerprint density at radius 2 is 1.94 bits per heavy atom. The molecule has 0 saturated carbocycles. The first-order chi connectivity index (χ1) is 8.49. The first kappa shape index (κ1) is 13.4.